The van der Waals surface area contributed by atoms with Crippen molar-refractivity contribution >= 4 is 32.5 Å². The normalized spacial score (nSPS) is 16.6. The fraction of sp³-hybridized carbons (Fsp3) is 0.571. The molecule has 0 unspecified atom stereocenters. The van der Waals surface area contributed by atoms with Crippen LogP contribution in [-0.2, 0) is 24.8 Å². The second kappa shape index (κ2) is 9.26. The molecule has 0 amide bonds. The highest BCUT2D eigenvalue weighted by atomic mass is 35.5. The molecule has 0 saturated carbocycles. The molecule has 1 aromatic carbocycles. The molecule has 144 valence electrons. The zero-order valence-electron chi connectivity index (χ0n) is 14.2. The molecule has 1 aliphatic rings. The number of sulfonamides is 2. The molecule has 2 rings (SSSR count). The number of halogens is 1. The van der Waals surface area contributed by atoms with E-state index >= 15 is 0 Å². The molecule has 1 saturated heterocycles. The second-order valence-corrected chi connectivity index (χ2v) is 9.53. The third-order valence-electron chi connectivity index (χ3n) is 3.74. The Morgan fingerprint density at radius 3 is 2.08 bits per heavy atom. The first kappa shape index (κ1) is 22.3. The van der Waals surface area contributed by atoms with Gasteiger partial charge in [-0.2, -0.15) is 0 Å². The van der Waals surface area contributed by atoms with E-state index in [0.29, 0.717) is 26.3 Å². The predicted molar refractivity (Wildman–Crippen MR) is 97.0 cm³/mol. The number of benzene rings is 1. The van der Waals surface area contributed by atoms with Gasteiger partial charge in [0.2, 0.25) is 20.0 Å². The second-order valence-electron chi connectivity index (χ2n) is 5.61. The van der Waals surface area contributed by atoms with Gasteiger partial charge in [-0.05, 0) is 24.3 Å². The lowest BCUT2D eigenvalue weighted by atomic mass is 10.4. The van der Waals surface area contributed by atoms with Crippen LogP contribution >= 0.6 is 12.4 Å². The van der Waals surface area contributed by atoms with Crippen molar-refractivity contribution in [2.24, 2.45) is 0 Å². The minimum Gasteiger partial charge on any atom is -0.379 e. The summed E-state index contributed by atoms with van der Waals surface area (Å²) in [5.74, 6) is 0. The summed E-state index contributed by atoms with van der Waals surface area (Å²) in [6.45, 7) is 3.80. The molecule has 1 N–H and O–H groups in total. The zero-order valence-corrected chi connectivity index (χ0v) is 16.7. The number of ether oxygens (including phenoxy) is 1. The summed E-state index contributed by atoms with van der Waals surface area (Å²) >= 11 is 0. The van der Waals surface area contributed by atoms with Crippen LogP contribution in [0, 0.1) is 0 Å². The number of nitrogens with zero attached hydrogens (tertiary/aromatic N) is 2. The van der Waals surface area contributed by atoms with Crippen LogP contribution in [0.25, 0.3) is 0 Å². The van der Waals surface area contributed by atoms with Crippen LogP contribution in [0.1, 0.15) is 0 Å². The van der Waals surface area contributed by atoms with Gasteiger partial charge in [-0.3, -0.25) is 4.90 Å². The van der Waals surface area contributed by atoms with E-state index in [1.807, 2.05) is 0 Å². The molecule has 0 spiro atoms. The van der Waals surface area contributed by atoms with Gasteiger partial charge in [0, 0.05) is 40.3 Å². The van der Waals surface area contributed by atoms with Gasteiger partial charge in [0.25, 0.3) is 0 Å². The molecule has 0 radical (unpaired) electrons. The fourth-order valence-electron chi connectivity index (χ4n) is 2.25. The number of rotatable bonds is 7. The maximum Gasteiger partial charge on any atom is 0.242 e. The van der Waals surface area contributed by atoms with E-state index in [2.05, 4.69) is 9.62 Å². The summed E-state index contributed by atoms with van der Waals surface area (Å²) < 4.78 is 57.3. The molecule has 0 bridgehead atoms. The van der Waals surface area contributed by atoms with Crippen molar-refractivity contribution in [1.29, 1.82) is 0 Å². The highest BCUT2D eigenvalue weighted by molar-refractivity contribution is 7.89. The summed E-state index contributed by atoms with van der Waals surface area (Å²) in [7, 11) is -4.38. The molecule has 0 aromatic heterocycles. The van der Waals surface area contributed by atoms with E-state index < -0.39 is 20.0 Å². The summed E-state index contributed by atoms with van der Waals surface area (Å²) in [5.41, 5.74) is 0. The van der Waals surface area contributed by atoms with Crippen LogP contribution in [-0.4, -0.2) is 79.5 Å². The largest absolute Gasteiger partial charge is 0.379 e. The molecule has 25 heavy (non-hydrogen) atoms. The van der Waals surface area contributed by atoms with E-state index in [0.717, 1.165) is 17.4 Å². The van der Waals surface area contributed by atoms with Gasteiger partial charge in [0.15, 0.2) is 0 Å². The lowest BCUT2D eigenvalue weighted by molar-refractivity contribution is 0.0390. The van der Waals surface area contributed by atoms with Gasteiger partial charge in [-0.15, -0.1) is 12.4 Å². The third kappa shape index (κ3) is 5.88. The fourth-order valence-corrected chi connectivity index (χ4v) is 4.17. The Balaban J connectivity index is 0.00000312. The molecule has 1 aromatic rings. The number of nitrogens with one attached hydrogen (secondary N) is 1. The third-order valence-corrected chi connectivity index (χ3v) is 7.04. The van der Waals surface area contributed by atoms with Crippen LogP contribution in [0.5, 0.6) is 0 Å². The highest BCUT2D eigenvalue weighted by Crippen LogP contribution is 2.16. The van der Waals surface area contributed by atoms with Crippen LogP contribution in [0.2, 0.25) is 0 Å². The SMILES string of the molecule is CN(C)S(=O)(=O)c1ccc(S(=O)(=O)NCCN2CCOCC2)cc1.Cl. The van der Waals surface area contributed by atoms with E-state index in [1.54, 1.807) is 0 Å². The van der Waals surface area contributed by atoms with E-state index in [4.69, 9.17) is 4.74 Å². The average molecular weight is 414 g/mol. The summed E-state index contributed by atoms with van der Waals surface area (Å²) in [5, 5.41) is 0. The van der Waals surface area contributed by atoms with Crippen LogP contribution in [0.15, 0.2) is 34.1 Å². The van der Waals surface area contributed by atoms with Gasteiger partial charge >= 0.3 is 0 Å². The molecule has 0 atom stereocenters. The van der Waals surface area contributed by atoms with Gasteiger partial charge in [-0.1, -0.05) is 0 Å². The smallest absolute Gasteiger partial charge is 0.242 e. The van der Waals surface area contributed by atoms with Crippen molar-refractivity contribution in [3.8, 4) is 0 Å². The molecule has 0 aliphatic carbocycles. The van der Waals surface area contributed by atoms with Crippen molar-refractivity contribution in [3.63, 3.8) is 0 Å². The first-order valence-electron chi connectivity index (χ1n) is 7.56. The molecular formula is C14H24ClN3O5S2. The van der Waals surface area contributed by atoms with Gasteiger partial charge in [-0.25, -0.2) is 25.9 Å². The maximum absolute atomic E-state index is 12.3. The average Bonchev–Trinajstić information content (AvgIpc) is 2.55. The minimum absolute atomic E-state index is 0. The summed E-state index contributed by atoms with van der Waals surface area (Å²) in [4.78, 5) is 2.22. The maximum atomic E-state index is 12.3. The Morgan fingerprint density at radius 1 is 1.04 bits per heavy atom. The highest BCUT2D eigenvalue weighted by Gasteiger charge is 2.20. The van der Waals surface area contributed by atoms with E-state index in [1.165, 1.54) is 38.4 Å². The molecular weight excluding hydrogens is 390 g/mol. The van der Waals surface area contributed by atoms with Gasteiger partial charge < -0.3 is 4.74 Å². The Kier molecular flexibility index (Phi) is 8.26. The van der Waals surface area contributed by atoms with Crippen molar-refractivity contribution in [3.05, 3.63) is 24.3 Å². The first-order valence-corrected chi connectivity index (χ1v) is 10.5. The summed E-state index contributed by atoms with van der Waals surface area (Å²) in [6.07, 6.45) is 0. The topological polar surface area (TPSA) is 96.0 Å². The Hall–Kier alpha value is -0.750. The number of hydrogen-bond acceptors (Lipinski definition) is 6. The monoisotopic (exact) mass is 413 g/mol. The quantitative estimate of drug-likeness (QED) is 0.674. The van der Waals surface area contributed by atoms with E-state index in [9.17, 15) is 16.8 Å². The first-order chi connectivity index (χ1) is 11.2. The van der Waals surface area contributed by atoms with Crippen molar-refractivity contribution in [2.45, 2.75) is 9.79 Å². The molecule has 1 aliphatic heterocycles. The Morgan fingerprint density at radius 2 is 1.56 bits per heavy atom. The van der Waals surface area contributed by atoms with Crippen LogP contribution in [0.4, 0.5) is 0 Å². The van der Waals surface area contributed by atoms with Crippen molar-refractivity contribution < 1.29 is 21.6 Å². The zero-order chi connectivity index (χ0) is 17.8. The predicted octanol–water partition coefficient (Wildman–Crippen LogP) is -0.0308. The number of morpholine rings is 1. The molecule has 1 fully saturated rings. The Labute approximate surface area is 155 Å². The van der Waals surface area contributed by atoms with Gasteiger partial charge in [0.05, 0.1) is 23.0 Å². The van der Waals surface area contributed by atoms with E-state index in [-0.39, 0.29) is 22.2 Å². The minimum atomic E-state index is -3.66. The van der Waals surface area contributed by atoms with Crippen LogP contribution < -0.4 is 4.72 Å². The summed E-state index contributed by atoms with van der Waals surface area (Å²) in [6, 6.07) is 5.19. The van der Waals surface area contributed by atoms with Gasteiger partial charge in [0.1, 0.15) is 0 Å². The van der Waals surface area contributed by atoms with Crippen molar-refractivity contribution in [1.82, 2.24) is 13.9 Å². The van der Waals surface area contributed by atoms with Crippen molar-refractivity contribution in [2.75, 3.05) is 53.5 Å². The lowest BCUT2D eigenvalue weighted by Crippen LogP contribution is -2.41. The molecule has 1 heterocycles. The molecule has 11 heteroatoms. The van der Waals surface area contributed by atoms with Crippen LogP contribution in [0.3, 0.4) is 0 Å². The lowest BCUT2D eigenvalue weighted by Gasteiger charge is -2.26. The Bertz CT molecular complexity index is 745. The molecule has 8 nitrogen and oxygen atoms in total. The standard InChI is InChI=1S/C14H23N3O5S2.ClH/c1-16(2)24(20,21)14-5-3-13(4-6-14)23(18,19)15-7-8-17-9-11-22-12-10-17;/h3-6,15H,7-12H2,1-2H3;1H. The number of hydrogen-bond donors (Lipinski definition) is 1.